The van der Waals surface area contributed by atoms with Crippen LogP contribution < -0.4 is 14.9 Å². The summed E-state index contributed by atoms with van der Waals surface area (Å²) in [5.41, 5.74) is 5.44. The second-order valence-electron chi connectivity index (χ2n) is 7.60. The Labute approximate surface area is 187 Å². The zero-order valence-electron chi connectivity index (χ0n) is 18.9. The second-order valence-corrected chi connectivity index (χ2v) is 7.60. The summed E-state index contributed by atoms with van der Waals surface area (Å²) in [4.78, 5) is 22.4. The molecule has 0 spiro atoms. The Morgan fingerprint density at radius 1 is 1.09 bits per heavy atom. The number of benzene rings is 1. The zero-order chi connectivity index (χ0) is 22.7. The second kappa shape index (κ2) is 9.18. The molecule has 7 heteroatoms. The van der Waals surface area contributed by atoms with E-state index in [-0.39, 0.29) is 5.91 Å². The molecule has 7 nitrogen and oxygen atoms in total. The van der Waals surface area contributed by atoms with Crippen molar-refractivity contribution in [3.8, 4) is 22.3 Å². The lowest BCUT2D eigenvalue weighted by Gasteiger charge is -2.08. The molecule has 3 heterocycles. The summed E-state index contributed by atoms with van der Waals surface area (Å²) in [6.07, 6.45) is 11.3. The number of amides is 1. The molecule has 3 aromatic heterocycles. The van der Waals surface area contributed by atoms with Crippen molar-refractivity contribution in [2.75, 3.05) is 7.11 Å². The number of nitrogens with one attached hydrogen (secondary N) is 1. The van der Waals surface area contributed by atoms with E-state index in [0.29, 0.717) is 11.6 Å². The first-order chi connectivity index (χ1) is 15.6. The monoisotopic (exact) mass is 430 g/mol. The number of carbonyl (C=O) groups is 1. The fraction of sp³-hybridized carbons (Fsp3) is 0.280. The molecule has 4 aromatic rings. The maximum atomic E-state index is 12.5. The number of hydrogen-bond acceptors (Lipinski definition) is 4. The van der Waals surface area contributed by atoms with Gasteiger partial charge < -0.3 is 5.32 Å². The van der Waals surface area contributed by atoms with Crippen molar-refractivity contribution in [1.82, 2.24) is 20.1 Å². The predicted molar refractivity (Wildman–Crippen MR) is 124 cm³/mol. The molecular weight excluding hydrogens is 402 g/mol. The van der Waals surface area contributed by atoms with Crippen LogP contribution in [0.3, 0.4) is 0 Å². The highest BCUT2D eigenvalue weighted by Gasteiger charge is 2.24. The largest absolute Gasteiger partial charge is 0.349 e. The van der Waals surface area contributed by atoms with Crippen LogP contribution in [0.1, 0.15) is 37.0 Å². The van der Waals surface area contributed by atoms with E-state index >= 15 is 0 Å². The van der Waals surface area contributed by atoms with Crippen molar-refractivity contribution in [2.45, 2.75) is 32.7 Å². The molecule has 1 N–H and O–H groups in total. The predicted octanol–water partition coefficient (Wildman–Crippen LogP) is 3.57. The summed E-state index contributed by atoms with van der Waals surface area (Å²) in [6.45, 7) is 4.00. The van der Waals surface area contributed by atoms with Crippen molar-refractivity contribution in [3.63, 3.8) is 0 Å². The summed E-state index contributed by atoms with van der Waals surface area (Å²) in [6, 6.07) is 10.5. The Morgan fingerprint density at radius 2 is 1.81 bits per heavy atom. The van der Waals surface area contributed by atoms with Crippen molar-refractivity contribution < 1.29 is 14.4 Å². The molecule has 0 saturated heterocycles. The fourth-order valence-corrected chi connectivity index (χ4v) is 3.52. The molecule has 0 unspecified atom stereocenters. The van der Waals surface area contributed by atoms with Crippen molar-refractivity contribution >= 4 is 16.8 Å². The van der Waals surface area contributed by atoms with Gasteiger partial charge in [0.15, 0.2) is 0 Å². The minimum atomic E-state index is -0.0757. The van der Waals surface area contributed by atoms with Gasteiger partial charge in [-0.2, -0.15) is 5.10 Å². The van der Waals surface area contributed by atoms with Crippen LogP contribution in [-0.2, 0) is 7.05 Å². The third-order valence-electron chi connectivity index (χ3n) is 5.33. The van der Waals surface area contributed by atoms with Crippen LogP contribution in [0.2, 0.25) is 0 Å². The van der Waals surface area contributed by atoms with Gasteiger partial charge in [-0.3, -0.25) is 14.3 Å². The highest BCUT2D eigenvalue weighted by atomic mass is 16.6. The van der Waals surface area contributed by atoms with Gasteiger partial charge in [-0.05, 0) is 30.0 Å². The zero-order valence-corrected chi connectivity index (χ0v) is 18.9. The third-order valence-corrected chi connectivity index (χ3v) is 5.33. The summed E-state index contributed by atoms with van der Waals surface area (Å²) in [5.74, 6) is -0.0757. The Kier molecular flexibility index (Phi) is 6.16. The number of pyridine rings is 2. The van der Waals surface area contributed by atoms with Gasteiger partial charge in [-0.15, -0.1) is 0 Å². The van der Waals surface area contributed by atoms with Crippen molar-refractivity contribution in [1.29, 1.82) is 0 Å². The topological polar surface area (TPSA) is 72.9 Å². The van der Waals surface area contributed by atoms with Gasteiger partial charge in [0.1, 0.15) is 12.6 Å². The number of hydrogen-bond donors (Lipinski definition) is 1. The van der Waals surface area contributed by atoms with Crippen molar-refractivity contribution in [3.05, 3.63) is 66.9 Å². The van der Waals surface area contributed by atoms with E-state index in [4.69, 9.17) is 4.84 Å². The number of nitrogens with zero attached hydrogens (tertiary/aromatic N) is 4. The van der Waals surface area contributed by atoms with Crippen molar-refractivity contribution in [2.24, 2.45) is 7.05 Å². The van der Waals surface area contributed by atoms with Crippen LogP contribution in [0.25, 0.3) is 33.2 Å². The quantitative estimate of drug-likeness (QED) is 0.492. The number of carbonyl (C=O) groups excluding carboxylic acids is 1. The molecule has 1 amide bonds. The van der Waals surface area contributed by atoms with Crippen LogP contribution >= 0.6 is 0 Å². The maximum absolute atomic E-state index is 12.5. The van der Waals surface area contributed by atoms with E-state index in [0.717, 1.165) is 46.0 Å². The molecule has 1 aliphatic carbocycles. The van der Waals surface area contributed by atoms with Gasteiger partial charge in [0.2, 0.25) is 12.4 Å². The average Bonchev–Trinajstić information content (AvgIpc) is 3.55. The Bertz CT molecular complexity index is 1240. The Balaban J connectivity index is 0.00000119. The molecule has 0 bridgehead atoms. The van der Waals surface area contributed by atoms with Gasteiger partial charge in [-0.25, -0.2) is 4.98 Å². The average molecular weight is 431 g/mol. The molecule has 1 aromatic carbocycles. The maximum Gasteiger partial charge on any atom is 0.253 e. The molecule has 1 aliphatic rings. The third kappa shape index (κ3) is 4.46. The molecule has 5 rings (SSSR count). The summed E-state index contributed by atoms with van der Waals surface area (Å²) >= 11 is 0. The lowest BCUT2D eigenvalue weighted by Crippen LogP contribution is -2.40. The minimum Gasteiger partial charge on any atom is -0.349 e. The van der Waals surface area contributed by atoms with Crippen LogP contribution in [0.15, 0.2) is 61.3 Å². The fourth-order valence-electron chi connectivity index (χ4n) is 3.52. The molecule has 164 valence electrons. The summed E-state index contributed by atoms with van der Waals surface area (Å²) in [5, 5.41) is 8.17. The first-order valence-electron chi connectivity index (χ1n) is 10.9. The van der Waals surface area contributed by atoms with E-state index < -0.39 is 0 Å². The highest BCUT2D eigenvalue weighted by Crippen LogP contribution is 2.29. The van der Waals surface area contributed by atoms with Gasteiger partial charge >= 0.3 is 0 Å². The van der Waals surface area contributed by atoms with E-state index in [9.17, 15) is 4.79 Å². The van der Waals surface area contributed by atoms with E-state index in [2.05, 4.69) is 39.7 Å². The standard InChI is InChI=1S/C23H21N5O2.C2H6/c1-27-12-18(11-25-27)15-3-5-16(6-4-15)21-13-28(30-2)14-22-20(21)9-17(10-24-22)23(29)26-19-7-8-19;1-2/h3-6,9-14,19H,7-8H2,1-2H3;1-2H3/p+1. The molecular formula is C25H28N5O2+. The van der Waals surface area contributed by atoms with Gasteiger partial charge in [0.05, 0.1) is 17.3 Å². The first-order valence-corrected chi connectivity index (χ1v) is 10.9. The lowest BCUT2D eigenvalue weighted by atomic mass is 9.99. The summed E-state index contributed by atoms with van der Waals surface area (Å²) < 4.78 is 3.42. The minimum absolute atomic E-state index is 0.0757. The number of aromatic nitrogens is 4. The molecule has 1 fully saturated rings. The highest BCUT2D eigenvalue weighted by molar-refractivity contribution is 6.01. The Hall–Kier alpha value is -3.74. The molecule has 0 radical (unpaired) electrons. The van der Waals surface area contributed by atoms with Gasteiger partial charge in [0.25, 0.3) is 5.91 Å². The lowest BCUT2D eigenvalue weighted by molar-refractivity contribution is -0.884. The van der Waals surface area contributed by atoms with Crippen LogP contribution in [0, 0.1) is 0 Å². The van der Waals surface area contributed by atoms with Gasteiger partial charge in [0, 0.05) is 41.2 Å². The molecule has 1 saturated carbocycles. The number of aryl methyl sites for hydroxylation is 1. The van der Waals surface area contributed by atoms with Gasteiger partial charge in [-0.1, -0.05) is 38.1 Å². The molecule has 0 atom stereocenters. The SMILES string of the molecule is CC.CO[n+]1cc(-c2ccc(-c3cnn(C)c3)cc2)c2cc(C(=O)NC3CC3)cnc2c1. The first kappa shape index (κ1) is 21.5. The summed E-state index contributed by atoms with van der Waals surface area (Å²) in [7, 11) is 3.51. The van der Waals surface area contributed by atoms with E-state index in [1.54, 1.807) is 22.7 Å². The van der Waals surface area contributed by atoms with E-state index in [1.165, 1.54) is 0 Å². The van der Waals surface area contributed by atoms with Crippen LogP contribution in [-0.4, -0.2) is 33.8 Å². The van der Waals surface area contributed by atoms with Crippen LogP contribution in [0.5, 0.6) is 0 Å². The normalized spacial score (nSPS) is 12.8. The Morgan fingerprint density at radius 3 is 2.44 bits per heavy atom. The molecule has 0 aliphatic heterocycles. The van der Waals surface area contributed by atoms with Crippen LogP contribution in [0.4, 0.5) is 0 Å². The smallest absolute Gasteiger partial charge is 0.253 e. The van der Waals surface area contributed by atoms with E-state index in [1.807, 2.05) is 51.7 Å². The molecule has 32 heavy (non-hydrogen) atoms. The number of rotatable bonds is 5. The number of fused-ring (bicyclic) bond motifs is 1.